The van der Waals surface area contributed by atoms with Crippen molar-refractivity contribution in [2.75, 3.05) is 41.0 Å². The van der Waals surface area contributed by atoms with E-state index in [4.69, 9.17) is 14.2 Å². The maximum atomic E-state index is 12.6. The molecule has 51 heavy (non-hydrogen) atoms. The fourth-order valence-electron chi connectivity index (χ4n) is 4.61. The van der Waals surface area contributed by atoms with Crippen LogP contribution >= 0.6 is 0 Å². The molecule has 0 heterocycles. The highest BCUT2D eigenvalue weighted by molar-refractivity contribution is 5.70. The number of nitrogens with zero attached hydrogens (tertiary/aromatic N) is 1. The number of quaternary nitrogens is 1. The highest BCUT2D eigenvalue weighted by atomic mass is 16.6. The molecule has 286 valence electrons. The van der Waals surface area contributed by atoms with Gasteiger partial charge in [0.05, 0.1) is 40.3 Å². The molecule has 0 aliphatic heterocycles. The van der Waals surface area contributed by atoms with E-state index < -0.39 is 24.1 Å². The number of likely N-dealkylation sites (N-methyl/N-ethyl adjacent to an activating group) is 1. The van der Waals surface area contributed by atoms with E-state index in [1.54, 1.807) is 21.1 Å². The second-order valence-corrected chi connectivity index (χ2v) is 13.0. The zero-order chi connectivity index (χ0) is 37.8. The van der Waals surface area contributed by atoms with Gasteiger partial charge in [-0.2, -0.15) is 0 Å². The summed E-state index contributed by atoms with van der Waals surface area (Å²) in [6.07, 6.45) is 43.2. The number of carboxylic acids is 1. The Hall–Kier alpha value is -3.75. The zero-order valence-corrected chi connectivity index (χ0v) is 32.2. The molecule has 0 rings (SSSR count). The van der Waals surface area contributed by atoms with Crippen molar-refractivity contribution in [3.63, 3.8) is 0 Å². The second kappa shape index (κ2) is 33.4. The predicted octanol–water partition coefficient (Wildman–Crippen LogP) is 8.23. The predicted molar refractivity (Wildman–Crippen MR) is 208 cm³/mol. The smallest absolute Gasteiger partial charge is 0.306 e. The number of carboxylic acid groups (broad SMARTS) is 1. The molecular weight excluding hydrogens is 642 g/mol. The molecule has 0 aromatic rings. The number of rotatable bonds is 31. The maximum absolute atomic E-state index is 12.6. The molecule has 0 spiro atoms. The lowest BCUT2D eigenvalue weighted by Crippen LogP contribution is -2.55. The van der Waals surface area contributed by atoms with Crippen LogP contribution in [-0.2, 0) is 28.6 Å². The van der Waals surface area contributed by atoms with Crippen LogP contribution in [0.3, 0.4) is 0 Å². The van der Waals surface area contributed by atoms with Gasteiger partial charge in [0, 0.05) is 19.3 Å². The number of ether oxygens (including phenoxy) is 3. The van der Waals surface area contributed by atoms with Crippen molar-refractivity contribution in [3.8, 4) is 0 Å². The average molecular weight is 710 g/mol. The number of unbranched alkanes of at least 4 members (excludes halogenated alkanes) is 1. The van der Waals surface area contributed by atoms with Crippen LogP contribution in [0.15, 0.2) is 97.2 Å². The summed E-state index contributed by atoms with van der Waals surface area (Å²) in [6, 6.07) is -0.750. The quantitative estimate of drug-likeness (QED) is 0.0309. The lowest BCUT2D eigenvalue weighted by Gasteiger charge is -2.34. The van der Waals surface area contributed by atoms with Gasteiger partial charge >= 0.3 is 11.9 Å². The van der Waals surface area contributed by atoms with Gasteiger partial charge in [-0.25, -0.2) is 0 Å². The monoisotopic (exact) mass is 709 g/mol. The second-order valence-electron chi connectivity index (χ2n) is 13.0. The highest BCUT2D eigenvalue weighted by Gasteiger charge is 2.25. The lowest BCUT2D eigenvalue weighted by molar-refractivity contribution is -0.889. The summed E-state index contributed by atoms with van der Waals surface area (Å²) in [5.74, 6) is -1.93. The molecule has 0 saturated carbocycles. The Morgan fingerprint density at radius 1 is 0.588 bits per heavy atom. The molecule has 8 heteroatoms. The Morgan fingerprint density at radius 3 is 1.49 bits per heavy atom. The van der Waals surface area contributed by atoms with E-state index in [9.17, 15) is 19.5 Å². The van der Waals surface area contributed by atoms with Gasteiger partial charge in [0.15, 0.2) is 6.10 Å². The van der Waals surface area contributed by atoms with Crippen LogP contribution in [-0.4, -0.2) is 75.5 Å². The molecule has 0 bridgehead atoms. The molecule has 0 aromatic carbocycles. The van der Waals surface area contributed by atoms with Gasteiger partial charge in [-0.1, -0.05) is 111 Å². The summed E-state index contributed by atoms with van der Waals surface area (Å²) in [5, 5.41) is 11.6. The van der Waals surface area contributed by atoms with E-state index in [0.717, 1.165) is 57.8 Å². The third-order valence-electron chi connectivity index (χ3n) is 7.48. The summed E-state index contributed by atoms with van der Waals surface area (Å²) >= 11 is 0. The molecule has 0 aliphatic rings. The van der Waals surface area contributed by atoms with Gasteiger partial charge in [-0.05, 0) is 70.6 Å². The zero-order valence-electron chi connectivity index (χ0n) is 32.2. The summed E-state index contributed by atoms with van der Waals surface area (Å²) in [5.41, 5.74) is 0. The van der Waals surface area contributed by atoms with E-state index >= 15 is 0 Å². The number of allylic oxidation sites excluding steroid dienone is 16. The van der Waals surface area contributed by atoms with Crippen molar-refractivity contribution in [2.24, 2.45) is 0 Å². The molecular formula is C43H67NO7. The SMILES string of the molecule is CC/C=C/C/C=C/C/C=C/C/C=C/C/C=C/CCC(=O)OC(COCCC(C(=O)[O-])[N+](C)(C)C)COC(=O)CCC/C=C/C/C=C/C/C=C/CC. The van der Waals surface area contributed by atoms with Crippen molar-refractivity contribution in [2.45, 2.75) is 116 Å². The first kappa shape index (κ1) is 47.2. The van der Waals surface area contributed by atoms with E-state index in [-0.39, 0.29) is 49.5 Å². The Morgan fingerprint density at radius 2 is 1.04 bits per heavy atom. The average Bonchev–Trinajstić information content (AvgIpc) is 3.08. The van der Waals surface area contributed by atoms with Crippen molar-refractivity contribution in [3.05, 3.63) is 97.2 Å². The van der Waals surface area contributed by atoms with Gasteiger partial charge in [-0.3, -0.25) is 9.59 Å². The maximum Gasteiger partial charge on any atom is 0.306 e. The number of hydrogen-bond donors (Lipinski definition) is 0. The largest absolute Gasteiger partial charge is 0.544 e. The molecule has 0 amide bonds. The Bertz CT molecular complexity index is 1150. The minimum absolute atomic E-state index is 0.0118. The first-order valence-electron chi connectivity index (χ1n) is 18.8. The summed E-state index contributed by atoms with van der Waals surface area (Å²) in [4.78, 5) is 36.6. The Labute approximate surface area is 309 Å². The Kier molecular flexibility index (Phi) is 30.9. The van der Waals surface area contributed by atoms with Gasteiger partial charge in [0.1, 0.15) is 12.6 Å². The van der Waals surface area contributed by atoms with Gasteiger partial charge in [0.25, 0.3) is 0 Å². The number of hydrogen-bond acceptors (Lipinski definition) is 7. The first-order valence-corrected chi connectivity index (χ1v) is 18.8. The topological polar surface area (TPSA) is 102 Å². The Balaban J connectivity index is 4.65. The van der Waals surface area contributed by atoms with Crippen molar-refractivity contribution in [1.29, 1.82) is 0 Å². The van der Waals surface area contributed by atoms with Gasteiger partial charge < -0.3 is 28.6 Å². The van der Waals surface area contributed by atoms with Crippen LogP contribution in [0.25, 0.3) is 0 Å². The molecule has 0 aromatic heterocycles. The minimum Gasteiger partial charge on any atom is -0.544 e. The van der Waals surface area contributed by atoms with Crippen LogP contribution in [0.4, 0.5) is 0 Å². The van der Waals surface area contributed by atoms with Crippen LogP contribution in [0, 0.1) is 0 Å². The summed E-state index contributed by atoms with van der Waals surface area (Å²) < 4.78 is 16.9. The fourth-order valence-corrected chi connectivity index (χ4v) is 4.61. The van der Waals surface area contributed by atoms with Crippen LogP contribution < -0.4 is 5.11 Å². The molecule has 0 aliphatic carbocycles. The van der Waals surface area contributed by atoms with Crippen molar-refractivity contribution < 1.29 is 38.2 Å². The molecule has 2 atom stereocenters. The fraction of sp³-hybridized carbons (Fsp3) is 0.558. The molecule has 0 fully saturated rings. The summed E-state index contributed by atoms with van der Waals surface area (Å²) in [6.45, 7) is 4.24. The van der Waals surface area contributed by atoms with Crippen LogP contribution in [0.1, 0.15) is 104 Å². The molecule has 0 radical (unpaired) electrons. The van der Waals surface area contributed by atoms with Gasteiger partial charge in [-0.15, -0.1) is 0 Å². The number of aliphatic carboxylic acids is 1. The van der Waals surface area contributed by atoms with E-state index in [1.807, 2.05) is 12.2 Å². The lowest BCUT2D eigenvalue weighted by atomic mass is 10.1. The van der Waals surface area contributed by atoms with E-state index in [0.29, 0.717) is 12.8 Å². The normalized spacial score (nSPS) is 14.1. The standard InChI is InChI=1S/C43H67NO7/c1-6-8-10-12-14-16-18-19-20-21-22-24-26-28-30-32-34-42(46)51-39(37-49-36-35-40(43(47)48)44(3,4)5)38-50-41(45)33-31-29-27-25-23-17-15-13-11-9-7-2/h8-11,14-17,19-20,22,24-25,27-28,30,39-40H,6-7,12-13,18,21,23,26,29,31-38H2,1-5H3/b10-8+,11-9+,16-14+,17-15+,20-19+,24-22+,27-25+,30-28+. The summed E-state index contributed by atoms with van der Waals surface area (Å²) in [7, 11) is 5.34. The van der Waals surface area contributed by atoms with Gasteiger partial charge in [0.2, 0.25) is 0 Å². The molecule has 8 nitrogen and oxygen atoms in total. The first-order chi connectivity index (χ1) is 24.6. The van der Waals surface area contributed by atoms with Crippen molar-refractivity contribution in [1.82, 2.24) is 0 Å². The number of carbonyl (C=O) groups excluding carboxylic acids is 3. The van der Waals surface area contributed by atoms with Crippen LogP contribution in [0.5, 0.6) is 0 Å². The van der Waals surface area contributed by atoms with E-state index in [2.05, 4.69) is 98.9 Å². The minimum atomic E-state index is -1.15. The van der Waals surface area contributed by atoms with Crippen LogP contribution in [0.2, 0.25) is 0 Å². The highest BCUT2D eigenvalue weighted by Crippen LogP contribution is 2.09. The molecule has 0 saturated heterocycles. The number of carbonyl (C=O) groups is 3. The molecule has 0 N–H and O–H groups in total. The van der Waals surface area contributed by atoms with Crippen molar-refractivity contribution >= 4 is 17.9 Å². The third kappa shape index (κ3) is 31.9. The number of esters is 2. The van der Waals surface area contributed by atoms with E-state index in [1.165, 1.54) is 0 Å². The third-order valence-corrected chi connectivity index (χ3v) is 7.48. The molecule has 2 unspecified atom stereocenters.